The number of imidazole rings is 1. The molecule has 0 aliphatic carbocycles. The summed E-state index contributed by atoms with van der Waals surface area (Å²) in [6.07, 6.45) is 5.23. The summed E-state index contributed by atoms with van der Waals surface area (Å²) in [7, 11) is 1.62. The first-order chi connectivity index (χ1) is 14.0. The van der Waals surface area contributed by atoms with Crippen molar-refractivity contribution in [2.45, 2.75) is 6.54 Å². The molecule has 1 amide bonds. The number of hydrogen-bond acceptors (Lipinski definition) is 5. The van der Waals surface area contributed by atoms with Crippen LogP contribution in [0, 0.1) is 11.3 Å². The van der Waals surface area contributed by atoms with E-state index in [1.807, 2.05) is 39.9 Å². The molecule has 2 fully saturated rings. The number of carboxylic acid groups (broad SMARTS) is 1. The van der Waals surface area contributed by atoms with Crippen molar-refractivity contribution in [2.75, 3.05) is 33.3 Å². The van der Waals surface area contributed by atoms with Gasteiger partial charge in [-0.1, -0.05) is 6.08 Å². The summed E-state index contributed by atoms with van der Waals surface area (Å²) in [4.78, 5) is 32.9. The van der Waals surface area contributed by atoms with Crippen LogP contribution in [0.15, 0.2) is 49.3 Å². The lowest BCUT2D eigenvalue weighted by Gasteiger charge is -2.24. The lowest BCUT2D eigenvalue weighted by Crippen LogP contribution is -2.41. The van der Waals surface area contributed by atoms with Crippen LogP contribution >= 0.6 is 0 Å². The minimum atomic E-state index is -1.07. The zero-order valence-electron chi connectivity index (χ0n) is 16.3. The summed E-state index contributed by atoms with van der Waals surface area (Å²) < 4.78 is 7.17. The second-order valence-electron chi connectivity index (χ2n) is 7.60. The monoisotopic (exact) mass is 396 g/mol. The first-order valence-corrected chi connectivity index (χ1v) is 9.50. The van der Waals surface area contributed by atoms with Gasteiger partial charge in [0, 0.05) is 44.3 Å². The van der Waals surface area contributed by atoms with Crippen LogP contribution in [0.5, 0.6) is 5.75 Å². The molecule has 3 heterocycles. The molecule has 2 aromatic rings. The summed E-state index contributed by atoms with van der Waals surface area (Å²) in [6.45, 7) is 5.47. The molecule has 0 spiro atoms. The SMILES string of the molecule is C=CCN1C[C@@]2(C(=O)O)CN(Cc3nccn3-c3ccc(OC)cc3)C[C@H]2C1=O. The van der Waals surface area contributed by atoms with Gasteiger partial charge in [0.05, 0.1) is 19.6 Å². The molecule has 8 nitrogen and oxygen atoms in total. The number of hydrogen-bond donors (Lipinski definition) is 1. The van der Waals surface area contributed by atoms with Gasteiger partial charge in [0.25, 0.3) is 0 Å². The van der Waals surface area contributed by atoms with Crippen molar-refractivity contribution in [1.82, 2.24) is 19.4 Å². The summed E-state index contributed by atoms with van der Waals surface area (Å²) in [5.41, 5.74) is -0.128. The molecule has 2 saturated heterocycles. The number of methoxy groups -OCH3 is 1. The molecule has 0 radical (unpaired) electrons. The van der Waals surface area contributed by atoms with E-state index < -0.39 is 17.3 Å². The zero-order chi connectivity index (χ0) is 20.6. The second-order valence-corrected chi connectivity index (χ2v) is 7.60. The van der Waals surface area contributed by atoms with Crippen LogP contribution in [-0.4, -0.2) is 69.6 Å². The number of nitrogens with zero attached hydrogens (tertiary/aromatic N) is 4. The maximum Gasteiger partial charge on any atom is 0.313 e. The molecule has 0 unspecified atom stereocenters. The minimum absolute atomic E-state index is 0.103. The number of fused-ring (bicyclic) bond motifs is 1. The molecule has 2 aliphatic rings. The van der Waals surface area contributed by atoms with Crippen LogP contribution in [0.25, 0.3) is 5.69 Å². The lowest BCUT2D eigenvalue weighted by molar-refractivity contribution is -0.149. The molecular formula is C21H24N4O4. The summed E-state index contributed by atoms with van der Waals surface area (Å²) >= 11 is 0. The van der Waals surface area contributed by atoms with E-state index in [0.29, 0.717) is 26.2 Å². The minimum Gasteiger partial charge on any atom is -0.497 e. The van der Waals surface area contributed by atoms with Crippen LogP contribution in [0.2, 0.25) is 0 Å². The van der Waals surface area contributed by atoms with E-state index in [1.165, 1.54) is 0 Å². The third kappa shape index (κ3) is 3.19. The van der Waals surface area contributed by atoms with Crippen LogP contribution in [-0.2, 0) is 16.1 Å². The molecule has 1 aromatic carbocycles. The summed E-state index contributed by atoms with van der Waals surface area (Å²) in [5.74, 6) is 0.0147. The van der Waals surface area contributed by atoms with Crippen LogP contribution in [0.3, 0.4) is 0 Å². The van der Waals surface area contributed by atoms with Gasteiger partial charge < -0.3 is 19.3 Å². The Morgan fingerprint density at radius 3 is 2.76 bits per heavy atom. The van der Waals surface area contributed by atoms with Gasteiger partial charge in [0.2, 0.25) is 5.91 Å². The highest BCUT2D eigenvalue weighted by molar-refractivity contribution is 5.92. The quantitative estimate of drug-likeness (QED) is 0.712. The number of aliphatic carboxylic acids is 1. The molecule has 4 rings (SSSR count). The number of likely N-dealkylation sites (tertiary alicyclic amines) is 2. The molecule has 1 N–H and O–H groups in total. The second kappa shape index (κ2) is 7.36. The fraction of sp³-hybridized carbons (Fsp3) is 0.381. The number of ether oxygens (including phenoxy) is 1. The van der Waals surface area contributed by atoms with Crippen molar-refractivity contribution in [3.05, 3.63) is 55.1 Å². The van der Waals surface area contributed by atoms with Gasteiger partial charge in [-0.15, -0.1) is 6.58 Å². The molecule has 2 aliphatic heterocycles. The first kappa shape index (κ1) is 19.2. The Kier molecular flexibility index (Phi) is 4.87. The normalized spacial score (nSPS) is 24.0. The van der Waals surface area contributed by atoms with E-state index in [0.717, 1.165) is 17.3 Å². The Bertz CT molecular complexity index is 938. The van der Waals surface area contributed by atoms with Crippen molar-refractivity contribution in [3.8, 4) is 11.4 Å². The summed E-state index contributed by atoms with van der Waals surface area (Å²) in [5, 5.41) is 9.94. The third-order valence-corrected chi connectivity index (χ3v) is 5.90. The van der Waals surface area contributed by atoms with E-state index in [2.05, 4.69) is 11.6 Å². The molecule has 0 bridgehead atoms. The van der Waals surface area contributed by atoms with E-state index in [9.17, 15) is 14.7 Å². The van der Waals surface area contributed by atoms with E-state index in [1.54, 1.807) is 24.3 Å². The number of amides is 1. The Morgan fingerprint density at radius 1 is 1.38 bits per heavy atom. The molecule has 29 heavy (non-hydrogen) atoms. The fourth-order valence-corrected chi connectivity index (χ4v) is 4.46. The number of carbonyl (C=O) groups is 2. The van der Waals surface area contributed by atoms with Gasteiger partial charge in [-0.25, -0.2) is 4.98 Å². The number of carbonyl (C=O) groups excluding carboxylic acids is 1. The van der Waals surface area contributed by atoms with Crippen molar-refractivity contribution in [3.63, 3.8) is 0 Å². The zero-order valence-corrected chi connectivity index (χ0v) is 16.3. The van der Waals surface area contributed by atoms with Gasteiger partial charge in [0.15, 0.2) is 0 Å². The van der Waals surface area contributed by atoms with Gasteiger partial charge in [-0.05, 0) is 24.3 Å². The lowest BCUT2D eigenvalue weighted by atomic mass is 9.81. The van der Waals surface area contributed by atoms with E-state index >= 15 is 0 Å². The predicted octanol–water partition coefficient (Wildman–Crippen LogP) is 1.41. The Labute approximate surface area is 169 Å². The number of benzene rings is 1. The molecule has 8 heteroatoms. The predicted molar refractivity (Wildman–Crippen MR) is 106 cm³/mol. The number of rotatable bonds is 7. The van der Waals surface area contributed by atoms with Gasteiger partial charge in [0.1, 0.15) is 17.0 Å². The van der Waals surface area contributed by atoms with E-state index in [4.69, 9.17) is 4.74 Å². The van der Waals surface area contributed by atoms with Crippen molar-refractivity contribution in [1.29, 1.82) is 0 Å². The topological polar surface area (TPSA) is 87.9 Å². The number of aromatic nitrogens is 2. The van der Waals surface area contributed by atoms with Gasteiger partial charge >= 0.3 is 5.97 Å². The highest BCUT2D eigenvalue weighted by Crippen LogP contribution is 2.44. The van der Waals surface area contributed by atoms with Crippen molar-refractivity contribution < 1.29 is 19.4 Å². The maximum atomic E-state index is 12.7. The smallest absolute Gasteiger partial charge is 0.313 e. The molecular weight excluding hydrogens is 372 g/mol. The fourth-order valence-electron chi connectivity index (χ4n) is 4.46. The van der Waals surface area contributed by atoms with Crippen molar-refractivity contribution >= 4 is 11.9 Å². The Balaban J connectivity index is 1.54. The van der Waals surface area contributed by atoms with Crippen LogP contribution in [0.1, 0.15) is 5.82 Å². The molecule has 1 aromatic heterocycles. The average Bonchev–Trinajstić information content (AvgIpc) is 3.38. The largest absolute Gasteiger partial charge is 0.497 e. The standard InChI is InChI=1S/C21H24N4O4/c1-3-9-24-14-21(20(27)28)13-23(11-17(21)19(24)26)12-18-22-8-10-25(18)15-4-6-16(29-2)7-5-15/h3-8,10,17H,1,9,11-14H2,2H3,(H,27,28)/t17-,21-/m0/s1. The highest BCUT2D eigenvalue weighted by atomic mass is 16.5. The van der Waals surface area contributed by atoms with Crippen molar-refractivity contribution in [2.24, 2.45) is 11.3 Å². The third-order valence-electron chi connectivity index (χ3n) is 5.90. The maximum absolute atomic E-state index is 12.7. The van der Waals surface area contributed by atoms with Crippen LogP contribution < -0.4 is 4.74 Å². The van der Waals surface area contributed by atoms with E-state index in [-0.39, 0.29) is 12.5 Å². The molecule has 152 valence electrons. The Morgan fingerprint density at radius 2 is 2.14 bits per heavy atom. The Hall–Kier alpha value is -3.13. The summed E-state index contributed by atoms with van der Waals surface area (Å²) in [6, 6.07) is 7.65. The highest BCUT2D eigenvalue weighted by Gasteiger charge is 2.61. The van der Waals surface area contributed by atoms with Gasteiger partial charge in [-0.2, -0.15) is 0 Å². The number of carboxylic acids is 1. The first-order valence-electron chi connectivity index (χ1n) is 9.50. The average molecular weight is 396 g/mol. The molecule has 0 saturated carbocycles. The molecule has 2 atom stereocenters. The van der Waals surface area contributed by atoms with Gasteiger partial charge in [-0.3, -0.25) is 14.5 Å². The van der Waals surface area contributed by atoms with Crippen LogP contribution in [0.4, 0.5) is 0 Å².